The zero-order chi connectivity index (χ0) is 20.5. The van der Waals surface area contributed by atoms with Gasteiger partial charge in [0.05, 0.1) is 22.5 Å². The zero-order valence-electron chi connectivity index (χ0n) is 16.1. The molecule has 2 aromatic carbocycles. The number of furan rings is 1. The highest BCUT2D eigenvalue weighted by Crippen LogP contribution is 2.37. The smallest absolute Gasteiger partial charge is 0.291 e. The number of para-hydroxylation sites is 1. The molecule has 1 N–H and O–H groups in total. The quantitative estimate of drug-likeness (QED) is 0.500. The van der Waals surface area contributed by atoms with Crippen molar-refractivity contribution in [1.29, 1.82) is 0 Å². The second kappa shape index (κ2) is 7.76. The van der Waals surface area contributed by atoms with E-state index in [1.165, 1.54) is 6.26 Å². The van der Waals surface area contributed by atoms with Crippen LogP contribution in [-0.4, -0.2) is 28.2 Å². The van der Waals surface area contributed by atoms with E-state index in [0.717, 1.165) is 34.6 Å². The normalized spacial score (nSPS) is 16.1. The van der Waals surface area contributed by atoms with E-state index < -0.39 is 0 Å². The maximum Gasteiger partial charge on any atom is 0.291 e. The summed E-state index contributed by atoms with van der Waals surface area (Å²) in [6.07, 6.45) is 3.33. The third-order valence-corrected chi connectivity index (χ3v) is 6.38. The molecule has 3 heterocycles. The highest BCUT2D eigenvalue weighted by molar-refractivity contribution is 7.18. The number of carbonyl (C=O) groups is 2. The maximum absolute atomic E-state index is 13.2. The van der Waals surface area contributed by atoms with Crippen LogP contribution in [0, 0.1) is 0 Å². The summed E-state index contributed by atoms with van der Waals surface area (Å²) in [5.74, 6) is -0.0962. The fraction of sp³-hybridized carbons (Fsp3) is 0.174. The van der Waals surface area contributed by atoms with Crippen LogP contribution in [0.3, 0.4) is 0 Å². The molecule has 2 aromatic heterocycles. The van der Waals surface area contributed by atoms with Gasteiger partial charge in [0.25, 0.3) is 11.8 Å². The van der Waals surface area contributed by atoms with Gasteiger partial charge in [-0.25, -0.2) is 4.98 Å². The summed E-state index contributed by atoms with van der Waals surface area (Å²) in [4.78, 5) is 31.9. The highest BCUT2D eigenvalue weighted by atomic mass is 32.1. The van der Waals surface area contributed by atoms with Crippen molar-refractivity contribution >= 4 is 39.1 Å². The van der Waals surface area contributed by atoms with E-state index in [1.54, 1.807) is 47.7 Å². The predicted molar refractivity (Wildman–Crippen MR) is 116 cm³/mol. The summed E-state index contributed by atoms with van der Waals surface area (Å²) in [5, 5.41) is 3.75. The Hall–Kier alpha value is -3.45. The number of rotatable bonds is 4. The lowest BCUT2D eigenvalue weighted by atomic mass is 10.1. The Morgan fingerprint density at radius 1 is 1.07 bits per heavy atom. The van der Waals surface area contributed by atoms with Crippen molar-refractivity contribution < 1.29 is 14.0 Å². The number of amides is 2. The molecule has 2 amide bonds. The third-order valence-electron chi connectivity index (χ3n) is 5.24. The molecule has 1 unspecified atom stereocenters. The van der Waals surface area contributed by atoms with Crippen molar-refractivity contribution in [2.75, 3.05) is 11.9 Å². The van der Waals surface area contributed by atoms with Crippen LogP contribution in [0.25, 0.3) is 10.2 Å². The molecule has 1 fully saturated rings. The summed E-state index contributed by atoms with van der Waals surface area (Å²) in [6, 6.07) is 18.3. The van der Waals surface area contributed by atoms with Crippen molar-refractivity contribution in [3.05, 3.63) is 83.3 Å². The van der Waals surface area contributed by atoms with Gasteiger partial charge in [-0.2, -0.15) is 0 Å². The number of anilines is 1. The van der Waals surface area contributed by atoms with Gasteiger partial charge < -0.3 is 14.6 Å². The number of hydrogen-bond donors (Lipinski definition) is 1. The van der Waals surface area contributed by atoms with Gasteiger partial charge in [0.15, 0.2) is 5.76 Å². The molecule has 150 valence electrons. The lowest BCUT2D eigenvalue weighted by Gasteiger charge is -2.23. The minimum Gasteiger partial charge on any atom is -0.459 e. The summed E-state index contributed by atoms with van der Waals surface area (Å²) in [7, 11) is 0. The molecule has 0 spiro atoms. The van der Waals surface area contributed by atoms with Crippen molar-refractivity contribution in [2.45, 2.75) is 18.9 Å². The second-order valence-corrected chi connectivity index (χ2v) is 8.25. The molecule has 0 bridgehead atoms. The molecule has 0 aliphatic carbocycles. The highest BCUT2D eigenvalue weighted by Gasteiger charge is 2.32. The van der Waals surface area contributed by atoms with E-state index in [2.05, 4.69) is 11.4 Å². The number of likely N-dealkylation sites (tertiary alicyclic amines) is 1. The molecule has 30 heavy (non-hydrogen) atoms. The Bertz CT molecular complexity index is 1170. The van der Waals surface area contributed by atoms with Gasteiger partial charge >= 0.3 is 0 Å². The van der Waals surface area contributed by atoms with Crippen LogP contribution >= 0.6 is 11.3 Å². The molecule has 0 saturated carbocycles. The number of nitrogens with zero attached hydrogens (tertiary/aromatic N) is 2. The van der Waals surface area contributed by atoms with Crippen LogP contribution in [-0.2, 0) is 0 Å². The van der Waals surface area contributed by atoms with Gasteiger partial charge in [0.1, 0.15) is 5.01 Å². The van der Waals surface area contributed by atoms with Gasteiger partial charge in [-0.05, 0) is 61.4 Å². The monoisotopic (exact) mass is 417 g/mol. The first kappa shape index (κ1) is 18.6. The van der Waals surface area contributed by atoms with E-state index in [4.69, 9.17) is 9.40 Å². The van der Waals surface area contributed by atoms with Gasteiger partial charge in [-0.15, -0.1) is 11.3 Å². The number of carbonyl (C=O) groups excluding carboxylic acids is 2. The Labute approximate surface area is 177 Å². The molecule has 4 aromatic rings. The second-order valence-electron chi connectivity index (χ2n) is 7.19. The van der Waals surface area contributed by atoms with Crippen LogP contribution < -0.4 is 5.32 Å². The van der Waals surface area contributed by atoms with E-state index in [-0.39, 0.29) is 23.6 Å². The maximum atomic E-state index is 13.2. The number of hydrogen-bond acceptors (Lipinski definition) is 5. The third kappa shape index (κ3) is 3.48. The molecular formula is C23H19N3O3S. The number of fused-ring (bicyclic) bond motifs is 1. The van der Waals surface area contributed by atoms with E-state index in [0.29, 0.717) is 11.3 Å². The summed E-state index contributed by atoms with van der Waals surface area (Å²) < 4.78 is 6.24. The zero-order valence-corrected chi connectivity index (χ0v) is 16.9. The standard InChI is InChI=1S/C23H19N3O3S/c27-21(19-7-4-14-29-19)24-16-11-9-15(10-12-16)23(28)26-13-3-6-18(26)22-25-17-5-1-2-8-20(17)30-22/h1-2,4-5,7-12,14,18H,3,6,13H2,(H,24,27). The van der Waals surface area contributed by atoms with Gasteiger partial charge in [0, 0.05) is 17.8 Å². The molecule has 1 aliphatic heterocycles. The Balaban J connectivity index is 1.32. The first-order valence-electron chi connectivity index (χ1n) is 9.80. The van der Waals surface area contributed by atoms with Crippen LogP contribution in [0.2, 0.25) is 0 Å². The fourth-order valence-corrected chi connectivity index (χ4v) is 4.88. The molecule has 7 heteroatoms. The molecule has 1 aliphatic rings. The van der Waals surface area contributed by atoms with Gasteiger partial charge in [0.2, 0.25) is 0 Å². The first-order valence-corrected chi connectivity index (χ1v) is 10.6. The van der Waals surface area contributed by atoms with Crippen LogP contribution in [0.4, 0.5) is 5.69 Å². The van der Waals surface area contributed by atoms with E-state index in [1.807, 2.05) is 23.1 Å². The molecular weight excluding hydrogens is 398 g/mol. The van der Waals surface area contributed by atoms with Crippen LogP contribution in [0.1, 0.15) is 44.8 Å². The number of benzene rings is 2. The largest absolute Gasteiger partial charge is 0.459 e. The Kier molecular flexibility index (Phi) is 4.80. The molecule has 1 saturated heterocycles. The fourth-order valence-electron chi connectivity index (χ4n) is 3.76. The lowest BCUT2D eigenvalue weighted by Crippen LogP contribution is -2.30. The average Bonchev–Trinajstić information content (AvgIpc) is 3.53. The molecule has 1 atom stereocenters. The van der Waals surface area contributed by atoms with Crippen molar-refractivity contribution in [1.82, 2.24) is 9.88 Å². The number of thiazole rings is 1. The molecule has 5 rings (SSSR count). The van der Waals surface area contributed by atoms with Crippen LogP contribution in [0.5, 0.6) is 0 Å². The predicted octanol–water partition coefficient (Wildman–Crippen LogP) is 5.12. The Morgan fingerprint density at radius 3 is 2.67 bits per heavy atom. The summed E-state index contributed by atoms with van der Waals surface area (Å²) in [6.45, 7) is 0.719. The Morgan fingerprint density at radius 2 is 1.90 bits per heavy atom. The lowest BCUT2D eigenvalue weighted by molar-refractivity contribution is 0.0735. The summed E-state index contributed by atoms with van der Waals surface area (Å²) >= 11 is 1.66. The summed E-state index contributed by atoms with van der Waals surface area (Å²) in [5.41, 5.74) is 2.18. The average molecular weight is 417 g/mol. The van der Waals surface area contributed by atoms with E-state index >= 15 is 0 Å². The van der Waals surface area contributed by atoms with Crippen LogP contribution in [0.15, 0.2) is 71.3 Å². The molecule has 0 radical (unpaired) electrons. The SMILES string of the molecule is O=C(Nc1ccc(C(=O)N2CCCC2c2nc3ccccc3s2)cc1)c1ccco1. The number of nitrogens with one attached hydrogen (secondary N) is 1. The van der Waals surface area contributed by atoms with Crippen molar-refractivity contribution in [2.24, 2.45) is 0 Å². The van der Waals surface area contributed by atoms with Gasteiger partial charge in [-0.3, -0.25) is 9.59 Å². The van der Waals surface area contributed by atoms with Crippen molar-refractivity contribution in [3.63, 3.8) is 0 Å². The first-order chi connectivity index (χ1) is 14.7. The molecule has 6 nitrogen and oxygen atoms in total. The minimum absolute atomic E-state index is 0.00762. The minimum atomic E-state index is -0.325. The topological polar surface area (TPSA) is 75.4 Å². The number of aromatic nitrogens is 1. The van der Waals surface area contributed by atoms with Crippen molar-refractivity contribution in [3.8, 4) is 0 Å². The van der Waals surface area contributed by atoms with Gasteiger partial charge in [-0.1, -0.05) is 12.1 Å². The van der Waals surface area contributed by atoms with E-state index in [9.17, 15) is 9.59 Å².